The Morgan fingerprint density at radius 2 is 2.05 bits per heavy atom. The smallest absolute Gasteiger partial charge is 0.257 e. The van der Waals surface area contributed by atoms with Gasteiger partial charge in [-0.3, -0.25) is 4.79 Å². The molecule has 3 N–H and O–H groups in total. The maximum atomic E-state index is 12.1. The monoisotopic (exact) mass is 359 g/mol. The number of nitrogens with zero attached hydrogens (tertiary/aromatic N) is 1. The summed E-state index contributed by atoms with van der Waals surface area (Å²) in [5, 5.41) is 3.42. The van der Waals surface area contributed by atoms with Gasteiger partial charge in [0, 0.05) is 10.7 Å². The number of halogens is 3. The van der Waals surface area contributed by atoms with Gasteiger partial charge >= 0.3 is 0 Å². The zero-order valence-electron chi connectivity index (χ0n) is 9.45. The molecule has 0 saturated carbocycles. The van der Waals surface area contributed by atoms with Gasteiger partial charge in [-0.15, -0.1) is 0 Å². The average molecular weight is 361 g/mol. The van der Waals surface area contributed by atoms with E-state index in [-0.39, 0.29) is 5.91 Å². The molecule has 1 amide bonds. The highest BCUT2D eigenvalue weighted by atomic mass is 79.9. The molecule has 4 nitrogen and oxygen atoms in total. The number of aromatic nitrogens is 1. The highest BCUT2D eigenvalue weighted by Crippen LogP contribution is 2.24. The lowest BCUT2D eigenvalue weighted by Crippen LogP contribution is -2.14. The molecule has 1 aromatic heterocycles. The standard InChI is InChI=1S/C12H8BrCl2N3O/c13-9-4-7(5-17-11(9)15)18-12(19)8-3-6(14)1-2-10(8)16/h1-5H,16H2,(H,18,19). The molecule has 19 heavy (non-hydrogen) atoms. The summed E-state index contributed by atoms with van der Waals surface area (Å²) in [6.45, 7) is 0. The summed E-state index contributed by atoms with van der Waals surface area (Å²) in [5.41, 5.74) is 6.89. The number of hydrogen-bond acceptors (Lipinski definition) is 3. The van der Waals surface area contributed by atoms with E-state index in [0.717, 1.165) is 0 Å². The van der Waals surface area contributed by atoms with Crippen molar-refractivity contribution in [1.82, 2.24) is 4.98 Å². The maximum Gasteiger partial charge on any atom is 0.257 e. The van der Waals surface area contributed by atoms with E-state index in [9.17, 15) is 4.79 Å². The third-order valence-corrected chi connectivity index (χ3v) is 3.68. The van der Waals surface area contributed by atoms with Crippen LogP contribution in [-0.4, -0.2) is 10.9 Å². The van der Waals surface area contributed by atoms with Crippen molar-refractivity contribution >= 4 is 56.4 Å². The van der Waals surface area contributed by atoms with E-state index in [2.05, 4.69) is 26.2 Å². The van der Waals surface area contributed by atoms with E-state index in [1.165, 1.54) is 12.3 Å². The second kappa shape index (κ2) is 5.77. The third kappa shape index (κ3) is 3.37. The summed E-state index contributed by atoms with van der Waals surface area (Å²) >= 11 is 14.8. The molecular formula is C12H8BrCl2N3O. The molecule has 0 bridgehead atoms. The van der Waals surface area contributed by atoms with Crippen molar-refractivity contribution < 1.29 is 4.79 Å². The Labute approximate surface area is 128 Å². The number of carbonyl (C=O) groups excluding carboxylic acids is 1. The Kier molecular flexibility index (Phi) is 4.29. The van der Waals surface area contributed by atoms with E-state index in [0.29, 0.717) is 31.6 Å². The van der Waals surface area contributed by atoms with Gasteiger partial charge in [-0.05, 0) is 40.2 Å². The molecule has 0 radical (unpaired) electrons. The van der Waals surface area contributed by atoms with E-state index < -0.39 is 0 Å². The molecule has 0 aliphatic carbocycles. The number of benzene rings is 1. The lowest BCUT2D eigenvalue weighted by atomic mass is 10.1. The fraction of sp³-hybridized carbons (Fsp3) is 0. The normalized spacial score (nSPS) is 10.3. The maximum absolute atomic E-state index is 12.1. The van der Waals surface area contributed by atoms with Crippen LogP contribution in [0.5, 0.6) is 0 Å². The number of pyridine rings is 1. The van der Waals surface area contributed by atoms with Crippen molar-refractivity contribution in [2.75, 3.05) is 11.1 Å². The molecule has 0 unspecified atom stereocenters. The van der Waals surface area contributed by atoms with Gasteiger partial charge in [-0.2, -0.15) is 0 Å². The van der Waals surface area contributed by atoms with E-state index in [4.69, 9.17) is 28.9 Å². The molecule has 1 aromatic carbocycles. The van der Waals surface area contributed by atoms with Crippen molar-refractivity contribution in [3.63, 3.8) is 0 Å². The number of nitrogens with two attached hydrogens (primary N) is 1. The SMILES string of the molecule is Nc1ccc(Cl)cc1C(=O)Nc1cnc(Cl)c(Br)c1. The molecule has 0 saturated heterocycles. The molecule has 0 aliphatic rings. The summed E-state index contributed by atoms with van der Waals surface area (Å²) in [7, 11) is 0. The number of nitrogen functional groups attached to an aromatic ring is 1. The van der Waals surface area contributed by atoms with Crippen LogP contribution in [0.1, 0.15) is 10.4 Å². The number of rotatable bonds is 2. The van der Waals surface area contributed by atoms with Crippen LogP contribution < -0.4 is 11.1 Å². The number of carbonyl (C=O) groups is 1. The first-order valence-corrected chi connectivity index (χ1v) is 6.69. The predicted molar refractivity (Wildman–Crippen MR) is 80.8 cm³/mol. The zero-order valence-corrected chi connectivity index (χ0v) is 12.6. The van der Waals surface area contributed by atoms with Crippen LogP contribution in [-0.2, 0) is 0 Å². The molecule has 0 aliphatic heterocycles. The minimum absolute atomic E-state index is 0.304. The Morgan fingerprint density at radius 1 is 1.32 bits per heavy atom. The molecule has 0 spiro atoms. The fourth-order valence-corrected chi connectivity index (χ4v) is 2.04. The van der Waals surface area contributed by atoms with Gasteiger partial charge in [-0.1, -0.05) is 23.2 Å². The van der Waals surface area contributed by atoms with Crippen LogP contribution in [0.15, 0.2) is 34.9 Å². The first-order chi connectivity index (χ1) is 8.97. The van der Waals surface area contributed by atoms with E-state index >= 15 is 0 Å². The van der Waals surface area contributed by atoms with Gasteiger partial charge in [0.1, 0.15) is 5.15 Å². The Bertz CT molecular complexity index is 649. The third-order valence-electron chi connectivity index (χ3n) is 2.31. The van der Waals surface area contributed by atoms with Gasteiger partial charge in [-0.25, -0.2) is 4.98 Å². The van der Waals surface area contributed by atoms with Gasteiger partial charge in [0.05, 0.1) is 21.9 Å². The Hall–Kier alpha value is -1.30. The van der Waals surface area contributed by atoms with Crippen LogP contribution >= 0.6 is 39.1 Å². The van der Waals surface area contributed by atoms with E-state index in [1.807, 2.05) is 0 Å². The van der Waals surface area contributed by atoms with Crippen molar-refractivity contribution in [1.29, 1.82) is 0 Å². The van der Waals surface area contributed by atoms with Crippen LogP contribution in [0.4, 0.5) is 11.4 Å². The Morgan fingerprint density at radius 3 is 2.74 bits per heavy atom. The topological polar surface area (TPSA) is 68.0 Å². The molecule has 7 heteroatoms. The van der Waals surface area contributed by atoms with E-state index in [1.54, 1.807) is 18.2 Å². The largest absolute Gasteiger partial charge is 0.398 e. The number of amides is 1. The number of hydrogen-bond donors (Lipinski definition) is 2. The van der Waals surface area contributed by atoms with Crippen LogP contribution in [0.25, 0.3) is 0 Å². The summed E-state index contributed by atoms with van der Waals surface area (Å²) in [5.74, 6) is -0.365. The quantitative estimate of drug-likeness (QED) is 0.628. The van der Waals surface area contributed by atoms with Crippen molar-refractivity contribution in [2.24, 2.45) is 0 Å². The second-order valence-corrected chi connectivity index (χ2v) is 5.33. The molecule has 2 aromatic rings. The minimum Gasteiger partial charge on any atom is -0.398 e. The Balaban J connectivity index is 2.25. The predicted octanol–water partition coefficient (Wildman–Crippen LogP) is 3.99. The van der Waals surface area contributed by atoms with Gasteiger partial charge < -0.3 is 11.1 Å². The van der Waals surface area contributed by atoms with Crippen LogP contribution in [0.2, 0.25) is 10.2 Å². The fourth-order valence-electron chi connectivity index (χ4n) is 1.41. The minimum atomic E-state index is -0.365. The molecule has 1 heterocycles. The second-order valence-electron chi connectivity index (χ2n) is 3.68. The van der Waals surface area contributed by atoms with Crippen LogP contribution in [0, 0.1) is 0 Å². The molecule has 0 atom stereocenters. The van der Waals surface area contributed by atoms with Crippen molar-refractivity contribution in [3.05, 3.63) is 50.7 Å². The summed E-state index contributed by atoms with van der Waals surface area (Å²) in [4.78, 5) is 16.0. The first kappa shape index (κ1) is 14.1. The first-order valence-electron chi connectivity index (χ1n) is 5.15. The highest BCUT2D eigenvalue weighted by Gasteiger charge is 2.11. The molecule has 0 fully saturated rings. The molecule has 2 rings (SSSR count). The molecular weight excluding hydrogens is 353 g/mol. The van der Waals surface area contributed by atoms with Crippen LogP contribution in [0.3, 0.4) is 0 Å². The number of nitrogens with one attached hydrogen (secondary N) is 1. The summed E-state index contributed by atoms with van der Waals surface area (Å²) in [6.07, 6.45) is 1.45. The van der Waals surface area contributed by atoms with Gasteiger partial charge in [0.15, 0.2) is 0 Å². The number of anilines is 2. The lowest BCUT2D eigenvalue weighted by Gasteiger charge is -2.08. The average Bonchev–Trinajstić information content (AvgIpc) is 2.36. The van der Waals surface area contributed by atoms with Crippen molar-refractivity contribution in [2.45, 2.75) is 0 Å². The van der Waals surface area contributed by atoms with Gasteiger partial charge in [0.2, 0.25) is 0 Å². The zero-order chi connectivity index (χ0) is 14.0. The lowest BCUT2D eigenvalue weighted by molar-refractivity contribution is 0.102. The summed E-state index contributed by atoms with van der Waals surface area (Å²) in [6, 6.07) is 6.35. The highest BCUT2D eigenvalue weighted by molar-refractivity contribution is 9.10. The summed E-state index contributed by atoms with van der Waals surface area (Å²) < 4.78 is 0.589. The molecule has 98 valence electrons. The van der Waals surface area contributed by atoms with Gasteiger partial charge in [0.25, 0.3) is 5.91 Å². The van der Waals surface area contributed by atoms with Crippen molar-refractivity contribution in [3.8, 4) is 0 Å².